The highest BCUT2D eigenvalue weighted by Gasteiger charge is 2.16. The van der Waals surface area contributed by atoms with E-state index < -0.39 is 6.10 Å². The molecule has 4 rings (SSSR count). The molecule has 3 aromatic carbocycles. The molecule has 4 aromatic rings. The first-order valence-electron chi connectivity index (χ1n) is 11.2. The molecule has 1 atom stereocenters. The van der Waals surface area contributed by atoms with Crippen LogP contribution in [0, 0.1) is 5.82 Å². The molecule has 1 heterocycles. The first-order valence-corrected chi connectivity index (χ1v) is 11.2. The molecule has 0 fully saturated rings. The van der Waals surface area contributed by atoms with Gasteiger partial charge in [0, 0.05) is 37.1 Å². The molecule has 0 radical (unpaired) electrons. The Bertz CT molecular complexity index is 1110. The normalized spacial score (nSPS) is 12.1. The van der Waals surface area contributed by atoms with Gasteiger partial charge >= 0.3 is 0 Å². The average Bonchev–Trinajstić information content (AvgIpc) is 3.27. The van der Waals surface area contributed by atoms with Crippen molar-refractivity contribution < 1.29 is 14.2 Å². The first-order chi connectivity index (χ1) is 16.2. The fourth-order valence-electron chi connectivity index (χ4n) is 3.87. The Morgan fingerprint density at radius 3 is 2.27 bits per heavy atom. The highest BCUT2D eigenvalue weighted by Crippen LogP contribution is 2.16. The second-order valence-corrected chi connectivity index (χ2v) is 8.15. The molecule has 0 spiro atoms. The Morgan fingerprint density at radius 2 is 1.52 bits per heavy atom. The van der Waals surface area contributed by atoms with Gasteiger partial charge in [0.15, 0.2) is 0 Å². The molecule has 1 aromatic heterocycles. The van der Waals surface area contributed by atoms with E-state index in [9.17, 15) is 9.50 Å². The smallest absolute Gasteiger partial charge is 0.128 e. The molecular weight excluding hydrogens is 415 g/mol. The number of halogens is 1. The summed E-state index contributed by atoms with van der Waals surface area (Å²) in [5.74, 6) is 0.539. The number of ether oxygens (including phenoxy) is 1. The summed E-state index contributed by atoms with van der Waals surface area (Å²) >= 11 is 0. The topological polar surface area (TPSA) is 37.6 Å². The number of nitrogens with zero attached hydrogens (tertiary/aromatic N) is 2. The molecular formula is C28H29FN2O2. The summed E-state index contributed by atoms with van der Waals surface area (Å²) in [5.41, 5.74) is 2.88. The number of aliphatic hydroxyl groups excluding tert-OH is 1. The standard InChI is InChI=1S/C28H29FN2O2/c29-28-16-8-7-12-24(28)19-31-17-9-13-25(31)20-30(18-23-10-3-1-4-11-23)21-26(32)22-33-27-14-5-2-6-15-27/h1-17,26,32H,18-22H2/t26-/m0/s1. The van der Waals surface area contributed by atoms with Crippen LogP contribution in [0.3, 0.4) is 0 Å². The van der Waals surface area contributed by atoms with Crippen LogP contribution >= 0.6 is 0 Å². The molecule has 1 N–H and O–H groups in total. The van der Waals surface area contributed by atoms with E-state index >= 15 is 0 Å². The van der Waals surface area contributed by atoms with Crippen LogP contribution < -0.4 is 4.74 Å². The lowest BCUT2D eigenvalue weighted by molar-refractivity contribution is 0.0620. The number of benzene rings is 3. The van der Waals surface area contributed by atoms with Gasteiger partial charge in [-0.25, -0.2) is 4.39 Å². The number of hydrogen-bond acceptors (Lipinski definition) is 3. The number of hydrogen-bond donors (Lipinski definition) is 1. The predicted molar refractivity (Wildman–Crippen MR) is 128 cm³/mol. The minimum Gasteiger partial charge on any atom is -0.491 e. The molecule has 170 valence electrons. The SMILES string of the molecule is O[C@H](COc1ccccc1)CN(Cc1ccccc1)Cc1cccn1Cc1ccccc1F. The quantitative estimate of drug-likeness (QED) is 0.349. The van der Waals surface area contributed by atoms with Crippen LogP contribution in [0.4, 0.5) is 4.39 Å². The van der Waals surface area contributed by atoms with Crippen LogP contribution in [0.1, 0.15) is 16.8 Å². The number of rotatable bonds is 11. The zero-order chi connectivity index (χ0) is 22.9. The lowest BCUT2D eigenvalue weighted by Crippen LogP contribution is -2.35. The molecule has 0 unspecified atom stereocenters. The van der Waals surface area contributed by atoms with Crippen molar-refractivity contribution in [3.8, 4) is 5.75 Å². The van der Waals surface area contributed by atoms with E-state index in [1.165, 1.54) is 11.6 Å². The molecule has 0 saturated carbocycles. The van der Waals surface area contributed by atoms with Gasteiger partial charge in [0.25, 0.3) is 0 Å². The van der Waals surface area contributed by atoms with E-state index in [4.69, 9.17) is 4.74 Å². The third-order valence-electron chi connectivity index (χ3n) is 5.51. The van der Waals surface area contributed by atoms with Crippen molar-refractivity contribution in [3.05, 3.63) is 126 Å². The second-order valence-electron chi connectivity index (χ2n) is 8.15. The van der Waals surface area contributed by atoms with Crippen molar-refractivity contribution in [1.29, 1.82) is 0 Å². The summed E-state index contributed by atoms with van der Waals surface area (Å²) in [5, 5.41) is 10.7. The van der Waals surface area contributed by atoms with E-state index in [2.05, 4.69) is 21.6 Å². The van der Waals surface area contributed by atoms with Crippen LogP contribution in [-0.4, -0.2) is 33.8 Å². The zero-order valence-corrected chi connectivity index (χ0v) is 18.6. The summed E-state index contributed by atoms with van der Waals surface area (Å²) < 4.78 is 22.0. The van der Waals surface area contributed by atoms with Crippen molar-refractivity contribution in [2.75, 3.05) is 13.2 Å². The Morgan fingerprint density at radius 1 is 0.818 bits per heavy atom. The lowest BCUT2D eigenvalue weighted by Gasteiger charge is -2.26. The van der Waals surface area contributed by atoms with Crippen molar-refractivity contribution in [2.24, 2.45) is 0 Å². The van der Waals surface area contributed by atoms with Crippen molar-refractivity contribution in [1.82, 2.24) is 9.47 Å². The molecule has 5 heteroatoms. The van der Waals surface area contributed by atoms with Gasteiger partial charge in [-0.05, 0) is 35.9 Å². The third-order valence-corrected chi connectivity index (χ3v) is 5.51. The summed E-state index contributed by atoms with van der Waals surface area (Å²) in [4.78, 5) is 2.20. The monoisotopic (exact) mass is 444 g/mol. The van der Waals surface area contributed by atoms with E-state index in [1.807, 2.05) is 79.0 Å². The molecule has 0 aliphatic heterocycles. The Hall–Kier alpha value is -3.41. The average molecular weight is 445 g/mol. The van der Waals surface area contributed by atoms with Crippen molar-refractivity contribution in [3.63, 3.8) is 0 Å². The van der Waals surface area contributed by atoms with Gasteiger partial charge in [-0.2, -0.15) is 0 Å². The molecule has 0 aliphatic rings. The van der Waals surface area contributed by atoms with Crippen LogP contribution in [0.25, 0.3) is 0 Å². The molecule has 0 amide bonds. The maximum Gasteiger partial charge on any atom is 0.128 e. The molecule has 0 bridgehead atoms. The first kappa shape index (κ1) is 22.8. The summed E-state index contributed by atoms with van der Waals surface area (Å²) in [6.07, 6.45) is 1.32. The van der Waals surface area contributed by atoms with Gasteiger partial charge in [-0.1, -0.05) is 66.7 Å². The fraction of sp³-hybridized carbons (Fsp3) is 0.214. The summed E-state index contributed by atoms with van der Waals surface area (Å²) in [6, 6.07) is 30.6. The Kier molecular flexibility index (Phi) is 7.90. The van der Waals surface area contributed by atoms with Gasteiger partial charge < -0.3 is 14.4 Å². The van der Waals surface area contributed by atoms with Gasteiger partial charge in [-0.15, -0.1) is 0 Å². The van der Waals surface area contributed by atoms with E-state index in [-0.39, 0.29) is 12.4 Å². The maximum atomic E-state index is 14.2. The minimum atomic E-state index is -0.649. The zero-order valence-electron chi connectivity index (χ0n) is 18.6. The van der Waals surface area contributed by atoms with Crippen LogP contribution in [0.2, 0.25) is 0 Å². The summed E-state index contributed by atoms with van der Waals surface area (Å²) in [6.45, 7) is 2.44. The Balaban J connectivity index is 1.45. The van der Waals surface area contributed by atoms with Crippen molar-refractivity contribution in [2.45, 2.75) is 25.7 Å². The molecule has 0 aliphatic carbocycles. The second kappa shape index (κ2) is 11.5. The van der Waals surface area contributed by atoms with Crippen LogP contribution in [0.5, 0.6) is 5.75 Å². The van der Waals surface area contributed by atoms with Gasteiger partial charge in [-0.3, -0.25) is 4.90 Å². The molecule has 33 heavy (non-hydrogen) atoms. The number of para-hydroxylation sites is 1. The number of aromatic nitrogens is 1. The maximum absolute atomic E-state index is 14.2. The van der Waals surface area contributed by atoms with Crippen LogP contribution in [0.15, 0.2) is 103 Å². The Labute approximate surface area is 194 Å². The molecule has 4 nitrogen and oxygen atoms in total. The predicted octanol–water partition coefficient (Wildman–Crippen LogP) is 5.12. The van der Waals surface area contributed by atoms with Gasteiger partial charge in [0.05, 0.1) is 6.54 Å². The lowest BCUT2D eigenvalue weighted by atomic mass is 10.2. The van der Waals surface area contributed by atoms with Crippen LogP contribution in [-0.2, 0) is 19.6 Å². The minimum absolute atomic E-state index is 0.202. The highest BCUT2D eigenvalue weighted by atomic mass is 19.1. The van der Waals surface area contributed by atoms with Gasteiger partial charge in [0.2, 0.25) is 0 Å². The molecule has 0 saturated heterocycles. The summed E-state index contributed by atoms with van der Waals surface area (Å²) in [7, 11) is 0. The van der Waals surface area contributed by atoms with E-state index in [1.54, 1.807) is 6.07 Å². The number of aliphatic hydroxyl groups is 1. The fourth-order valence-corrected chi connectivity index (χ4v) is 3.87. The van der Waals surface area contributed by atoms with Gasteiger partial charge in [0.1, 0.15) is 24.3 Å². The van der Waals surface area contributed by atoms with E-state index in [0.717, 1.165) is 11.4 Å². The van der Waals surface area contributed by atoms with Crippen molar-refractivity contribution >= 4 is 0 Å². The van der Waals surface area contributed by atoms with E-state index in [0.29, 0.717) is 31.7 Å². The highest BCUT2D eigenvalue weighted by molar-refractivity contribution is 5.21. The third kappa shape index (κ3) is 6.78. The largest absolute Gasteiger partial charge is 0.491 e.